The van der Waals surface area contributed by atoms with Gasteiger partial charge in [-0.15, -0.1) is 0 Å². The van der Waals surface area contributed by atoms with Gasteiger partial charge in [0.05, 0.1) is 18.8 Å². The van der Waals surface area contributed by atoms with E-state index in [1.807, 2.05) is 0 Å². The molecule has 0 bridgehead atoms. The number of carbonyl (C=O) groups excluding carboxylic acids is 3. The van der Waals surface area contributed by atoms with Crippen molar-refractivity contribution < 1.29 is 29.3 Å². The van der Waals surface area contributed by atoms with Crippen molar-refractivity contribution in [2.75, 3.05) is 7.11 Å². The Kier molecular flexibility index (Phi) is 3.57. The van der Waals surface area contributed by atoms with Crippen LogP contribution >= 0.6 is 0 Å². The van der Waals surface area contributed by atoms with Crippen molar-refractivity contribution in [3.63, 3.8) is 0 Å². The number of rotatable bonds is 1. The van der Waals surface area contributed by atoms with E-state index in [9.17, 15) is 24.6 Å². The number of ether oxygens (including phenoxy) is 1. The average Bonchev–Trinajstić information content (AvgIpc) is 2.67. The topological polar surface area (TPSA) is 101 Å². The maximum absolute atomic E-state index is 13.1. The fraction of sp³-hybridized carbons (Fsp3) is 0.250. The summed E-state index contributed by atoms with van der Waals surface area (Å²) in [5.74, 6) is -1.99. The highest BCUT2D eigenvalue weighted by Gasteiger charge is 2.43. The highest BCUT2D eigenvalue weighted by atomic mass is 16.5. The third-order valence-electron chi connectivity index (χ3n) is 5.26. The van der Waals surface area contributed by atoms with Gasteiger partial charge in [-0.2, -0.15) is 0 Å². The molecule has 3 atom stereocenters. The first-order valence-corrected chi connectivity index (χ1v) is 8.22. The number of hydrogen-bond donors (Lipinski definition) is 2. The zero-order valence-corrected chi connectivity index (χ0v) is 14.1. The van der Waals surface area contributed by atoms with E-state index in [-0.39, 0.29) is 39.1 Å². The molecule has 132 valence electrons. The summed E-state index contributed by atoms with van der Waals surface area (Å²) in [6, 6.07) is 7.61. The van der Waals surface area contributed by atoms with Gasteiger partial charge < -0.3 is 14.9 Å². The highest BCUT2D eigenvalue weighted by Crippen LogP contribution is 2.41. The van der Waals surface area contributed by atoms with E-state index in [1.54, 1.807) is 19.1 Å². The monoisotopic (exact) mass is 352 g/mol. The predicted octanol–water partition coefficient (Wildman–Crippen LogP) is 1.70. The second kappa shape index (κ2) is 5.59. The summed E-state index contributed by atoms with van der Waals surface area (Å²) in [5, 5.41) is 20.6. The molecule has 0 radical (unpaired) electrons. The Hall–Kier alpha value is -2.83. The third-order valence-corrected chi connectivity index (χ3v) is 5.26. The van der Waals surface area contributed by atoms with Crippen LogP contribution < -0.4 is 4.74 Å². The molecule has 0 fully saturated rings. The van der Waals surface area contributed by atoms with Crippen LogP contribution in [0.3, 0.4) is 0 Å². The van der Waals surface area contributed by atoms with Crippen LogP contribution in [0.15, 0.2) is 30.3 Å². The molecule has 2 aromatic rings. The molecule has 0 amide bonds. The molecule has 2 aromatic carbocycles. The van der Waals surface area contributed by atoms with E-state index in [0.29, 0.717) is 0 Å². The smallest absolute Gasteiger partial charge is 0.198 e. The van der Waals surface area contributed by atoms with E-state index < -0.39 is 35.5 Å². The van der Waals surface area contributed by atoms with Crippen molar-refractivity contribution >= 4 is 17.3 Å². The van der Waals surface area contributed by atoms with Gasteiger partial charge in [0, 0.05) is 28.2 Å². The van der Waals surface area contributed by atoms with Crippen LogP contribution in [-0.4, -0.2) is 40.8 Å². The van der Waals surface area contributed by atoms with Crippen LogP contribution in [0.5, 0.6) is 5.75 Å². The van der Waals surface area contributed by atoms with Crippen LogP contribution in [0.1, 0.15) is 60.8 Å². The first-order valence-electron chi connectivity index (χ1n) is 8.22. The van der Waals surface area contributed by atoms with Crippen LogP contribution in [0.25, 0.3) is 0 Å². The van der Waals surface area contributed by atoms with Crippen molar-refractivity contribution in [2.24, 2.45) is 5.92 Å². The van der Waals surface area contributed by atoms with E-state index in [4.69, 9.17) is 4.74 Å². The van der Waals surface area contributed by atoms with Gasteiger partial charge in [-0.05, 0) is 17.7 Å². The lowest BCUT2D eigenvalue weighted by Crippen LogP contribution is -2.40. The molecule has 4 rings (SSSR count). The summed E-state index contributed by atoms with van der Waals surface area (Å²) in [4.78, 5) is 38.8. The van der Waals surface area contributed by atoms with Crippen LogP contribution in [0.2, 0.25) is 0 Å². The number of aliphatic hydroxyl groups is 2. The molecule has 0 spiro atoms. The Morgan fingerprint density at radius 1 is 0.846 bits per heavy atom. The SMILES string of the molecule is COc1cccc2c1C(=O)c1ccc3c(c1C2=O)C(=O)C(O)C(C)C3O. The van der Waals surface area contributed by atoms with Gasteiger partial charge >= 0.3 is 0 Å². The fourth-order valence-corrected chi connectivity index (χ4v) is 3.79. The van der Waals surface area contributed by atoms with Gasteiger partial charge in [0.2, 0.25) is 0 Å². The molecular weight excluding hydrogens is 336 g/mol. The number of aliphatic hydroxyl groups excluding tert-OH is 2. The Labute approximate surface area is 149 Å². The second-order valence-corrected chi connectivity index (χ2v) is 6.61. The Morgan fingerprint density at radius 3 is 2.19 bits per heavy atom. The zero-order valence-electron chi connectivity index (χ0n) is 14.1. The Balaban J connectivity index is 2.03. The van der Waals surface area contributed by atoms with Crippen molar-refractivity contribution in [1.29, 1.82) is 0 Å². The molecule has 3 unspecified atom stereocenters. The molecule has 0 aliphatic heterocycles. The van der Waals surface area contributed by atoms with Crippen molar-refractivity contribution in [1.82, 2.24) is 0 Å². The molecule has 26 heavy (non-hydrogen) atoms. The number of fused-ring (bicyclic) bond motifs is 4. The van der Waals surface area contributed by atoms with Crippen LogP contribution in [-0.2, 0) is 0 Å². The molecule has 2 N–H and O–H groups in total. The highest BCUT2D eigenvalue weighted by molar-refractivity contribution is 6.32. The van der Waals surface area contributed by atoms with Crippen molar-refractivity contribution in [3.05, 3.63) is 63.7 Å². The lowest BCUT2D eigenvalue weighted by atomic mass is 9.72. The molecule has 2 aliphatic rings. The summed E-state index contributed by atoms with van der Waals surface area (Å²) < 4.78 is 5.21. The van der Waals surface area contributed by atoms with Gasteiger partial charge in [0.15, 0.2) is 17.3 Å². The lowest BCUT2D eigenvalue weighted by molar-refractivity contribution is 0.0131. The minimum absolute atomic E-state index is 0.0525. The fourth-order valence-electron chi connectivity index (χ4n) is 3.79. The number of ketones is 3. The van der Waals surface area contributed by atoms with E-state index in [0.717, 1.165) is 0 Å². The number of carbonyl (C=O) groups is 3. The number of hydrogen-bond acceptors (Lipinski definition) is 6. The van der Waals surface area contributed by atoms with Gasteiger partial charge in [-0.25, -0.2) is 0 Å². The first kappa shape index (κ1) is 16.6. The molecule has 6 nitrogen and oxygen atoms in total. The molecule has 0 aromatic heterocycles. The molecule has 0 saturated heterocycles. The Morgan fingerprint density at radius 2 is 1.50 bits per heavy atom. The number of methoxy groups -OCH3 is 1. The average molecular weight is 352 g/mol. The van der Waals surface area contributed by atoms with E-state index >= 15 is 0 Å². The van der Waals surface area contributed by atoms with E-state index in [2.05, 4.69) is 0 Å². The Bertz CT molecular complexity index is 990. The molecule has 6 heteroatoms. The summed E-state index contributed by atoms with van der Waals surface area (Å²) >= 11 is 0. The first-order chi connectivity index (χ1) is 12.4. The van der Waals surface area contributed by atoms with Crippen LogP contribution in [0, 0.1) is 5.92 Å². The quantitative estimate of drug-likeness (QED) is 0.691. The number of benzene rings is 2. The predicted molar refractivity (Wildman–Crippen MR) is 90.8 cm³/mol. The lowest BCUT2D eigenvalue weighted by Gasteiger charge is -2.33. The maximum Gasteiger partial charge on any atom is 0.198 e. The van der Waals surface area contributed by atoms with Crippen LogP contribution in [0.4, 0.5) is 0 Å². The summed E-state index contributed by atoms with van der Waals surface area (Å²) in [6.07, 6.45) is -2.53. The molecular formula is C20H16O6. The largest absolute Gasteiger partial charge is 0.496 e. The maximum atomic E-state index is 13.1. The van der Waals surface area contributed by atoms with Crippen molar-refractivity contribution in [3.8, 4) is 5.75 Å². The van der Waals surface area contributed by atoms with Gasteiger partial charge in [-0.1, -0.05) is 25.1 Å². The summed E-state index contributed by atoms with van der Waals surface area (Å²) in [6.45, 7) is 1.56. The summed E-state index contributed by atoms with van der Waals surface area (Å²) in [5.41, 5.74) is 0.526. The van der Waals surface area contributed by atoms with Crippen molar-refractivity contribution in [2.45, 2.75) is 19.1 Å². The standard InChI is InChI=1S/C20H16O6/c1-8-16(21)10-6-7-11-14(15(10)20(25)17(8)22)19(24)9-4-3-5-12(26-2)13(9)18(11)23/h3-8,16-17,21-22H,1-2H3. The zero-order chi connectivity index (χ0) is 18.7. The minimum atomic E-state index is -1.43. The molecule has 0 saturated carbocycles. The normalized spacial score (nSPS) is 24.0. The molecule has 2 aliphatic carbocycles. The second-order valence-electron chi connectivity index (χ2n) is 6.61. The third kappa shape index (κ3) is 1.97. The summed E-state index contributed by atoms with van der Waals surface area (Å²) in [7, 11) is 1.41. The molecule has 0 heterocycles. The van der Waals surface area contributed by atoms with Gasteiger partial charge in [0.1, 0.15) is 11.9 Å². The van der Waals surface area contributed by atoms with Gasteiger partial charge in [-0.3, -0.25) is 14.4 Å². The van der Waals surface area contributed by atoms with Gasteiger partial charge in [0.25, 0.3) is 0 Å². The van der Waals surface area contributed by atoms with E-state index in [1.165, 1.54) is 25.3 Å². The number of Topliss-reactive ketones (excluding diaryl/α,β-unsaturated/α-hetero) is 1. The minimum Gasteiger partial charge on any atom is -0.496 e.